The van der Waals surface area contributed by atoms with Gasteiger partial charge in [-0.3, -0.25) is 0 Å². The summed E-state index contributed by atoms with van der Waals surface area (Å²) in [7, 11) is 0. The van der Waals surface area contributed by atoms with Gasteiger partial charge in [0.2, 0.25) is 0 Å². The fraction of sp³-hybridized carbons (Fsp3) is 1.00. The predicted octanol–water partition coefficient (Wildman–Crippen LogP) is 2.94. The van der Waals surface area contributed by atoms with Crippen LogP contribution in [0.1, 0.15) is 52.4 Å². The van der Waals surface area contributed by atoms with Crippen molar-refractivity contribution in [2.24, 2.45) is 17.6 Å². The van der Waals surface area contributed by atoms with Gasteiger partial charge in [0.1, 0.15) is 0 Å². The van der Waals surface area contributed by atoms with Gasteiger partial charge in [0.05, 0.1) is 0 Å². The Labute approximate surface area is 76.7 Å². The van der Waals surface area contributed by atoms with Gasteiger partial charge in [-0.25, -0.2) is 0 Å². The molecule has 0 radical (unpaired) electrons. The minimum absolute atomic E-state index is 0.500. The summed E-state index contributed by atoms with van der Waals surface area (Å²) in [5.41, 5.74) is 6.11. The van der Waals surface area contributed by atoms with Gasteiger partial charge in [-0.15, -0.1) is 0 Å². The van der Waals surface area contributed by atoms with Gasteiger partial charge < -0.3 is 5.73 Å². The van der Waals surface area contributed by atoms with Crippen LogP contribution < -0.4 is 5.73 Å². The first-order valence-corrected chi connectivity index (χ1v) is 5.49. The molecule has 1 aliphatic rings. The molecule has 2 atom stereocenters. The Morgan fingerprint density at radius 3 is 2.50 bits per heavy atom. The number of nitrogens with two attached hydrogens (primary N) is 1. The molecule has 1 fully saturated rings. The average molecular weight is 169 g/mol. The first-order chi connectivity index (χ1) is 5.74. The van der Waals surface area contributed by atoms with Gasteiger partial charge in [0.25, 0.3) is 0 Å². The van der Waals surface area contributed by atoms with E-state index in [-0.39, 0.29) is 0 Å². The topological polar surface area (TPSA) is 26.0 Å². The van der Waals surface area contributed by atoms with Gasteiger partial charge in [-0.05, 0) is 31.1 Å². The first-order valence-electron chi connectivity index (χ1n) is 5.49. The van der Waals surface area contributed by atoms with Crippen molar-refractivity contribution >= 4 is 0 Å². The van der Waals surface area contributed by atoms with Gasteiger partial charge in [-0.2, -0.15) is 0 Å². The van der Waals surface area contributed by atoms with Crippen LogP contribution in [0, 0.1) is 11.8 Å². The van der Waals surface area contributed by atoms with E-state index in [1.165, 1.54) is 38.5 Å². The van der Waals surface area contributed by atoms with Gasteiger partial charge in [-0.1, -0.05) is 33.1 Å². The molecule has 0 aromatic carbocycles. The van der Waals surface area contributed by atoms with Crippen LogP contribution in [0.15, 0.2) is 0 Å². The molecule has 0 aromatic heterocycles. The highest BCUT2D eigenvalue weighted by Crippen LogP contribution is 2.31. The molecule has 2 unspecified atom stereocenters. The molecule has 0 saturated heterocycles. The molecule has 0 aromatic rings. The highest BCUT2D eigenvalue weighted by Gasteiger charge is 2.25. The fourth-order valence-electron chi connectivity index (χ4n) is 2.14. The van der Waals surface area contributed by atoms with E-state index in [2.05, 4.69) is 13.8 Å². The minimum Gasteiger partial charge on any atom is -0.327 e. The summed E-state index contributed by atoms with van der Waals surface area (Å²) in [6.07, 6.45) is 8.10. The summed E-state index contributed by atoms with van der Waals surface area (Å²) in [4.78, 5) is 0. The van der Waals surface area contributed by atoms with Crippen molar-refractivity contribution in [3.63, 3.8) is 0 Å². The van der Waals surface area contributed by atoms with Crippen LogP contribution in [-0.2, 0) is 0 Å². The summed E-state index contributed by atoms with van der Waals surface area (Å²) in [5.74, 6) is 1.70. The number of hydrogen-bond donors (Lipinski definition) is 1. The number of hydrogen-bond acceptors (Lipinski definition) is 1. The molecule has 1 nitrogen and oxygen atoms in total. The molecule has 0 spiro atoms. The zero-order valence-corrected chi connectivity index (χ0v) is 8.55. The molecule has 1 aliphatic carbocycles. The summed E-state index contributed by atoms with van der Waals surface area (Å²) >= 11 is 0. The highest BCUT2D eigenvalue weighted by molar-refractivity contribution is 4.81. The van der Waals surface area contributed by atoms with Crippen LogP contribution in [-0.4, -0.2) is 6.04 Å². The Kier molecular flexibility index (Phi) is 4.07. The van der Waals surface area contributed by atoms with Crippen molar-refractivity contribution in [1.82, 2.24) is 0 Å². The zero-order valence-electron chi connectivity index (χ0n) is 8.55. The van der Waals surface area contributed by atoms with E-state index in [1.807, 2.05) is 0 Å². The Bertz CT molecular complexity index is 118. The van der Waals surface area contributed by atoms with Crippen LogP contribution in [0.25, 0.3) is 0 Å². The van der Waals surface area contributed by atoms with Crippen LogP contribution >= 0.6 is 0 Å². The molecule has 0 heterocycles. The van der Waals surface area contributed by atoms with E-state index >= 15 is 0 Å². The second kappa shape index (κ2) is 4.86. The minimum atomic E-state index is 0.500. The summed E-state index contributed by atoms with van der Waals surface area (Å²) in [6, 6.07) is 0.500. The maximum Gasteiger partial charge on any atom is 0.00696 e. The van der Waals surface area contributed by atoms with E-state index in [4.69, 9.17) is 5.73 Å². The summed E-state index contributed by atoms with van der Waals surface area (Å²) < 4.78 is 0. The average Bonchev–Trinajstić information content (AvgIpc) is 1.82. The Hall–Kier alpha value is -0.0400. The summed E-state index contributed by atoms with van der Waals surface area (Å²) in [6.45, 7) is 4.59. The predicted molar refractivity (Wildman–Crippen MR) is 54.0 cm³/mol. The molecule has 0 bridgehead atoms. The van der Waals surface area contributed by atoms with Crippen molar-refractivity contribution < 1.29 is 0 Å². The van der Waals surface area contributed by atoms with Crippen molar-refractivity contribution in [1.29, 1.82) is 0 Å². The Morgan fingerprint density at radius 2 is 2.08 bits per heavy atom. The molecule has 1 rings (SSSR count). The quantitative estimate of drug-likeness (QED) is 0.673. The SMILES string of the molecule is CCCC(C)CC(N)C1CCC1. The molecule has 0 aliphatic heterocycles. The normalized spacial score (nSPS) is 23.2. The second-order valence-electron chi connectivity index (χ2n) is 4.48. The van der Waals surface area contributed by atoms with E-state index in [9.17, 15) is 0 Å². The summed E-state index contributed by atoms with van der Waals surface area (Å²) in [5, 5.41) is 0. The zero-order chi connectivity index (χ0) is 8.97. The van der Waals surface area contributed by atoms with Crippen LogP contribution in [0.4, 0.5) is 0 Å². The lowest BCUT2D eigenvalue weighted by Crippen LogP contribution is -2.35. The fourth-order valence-corrected chi connectivity index (χ4v) is 2.14. The molecule has 1 heteroatoms. The smallest absolute Gasteiger partial charge is 0.00696 e. The van der Waals surface area contributed by atoms with Gasteiger partial charge in [0, 0.05) is 6.04 Å². The maximum absolute atomic E-state index is 6.11. The first kappa shape index (κ1) is 10.0. The van der Waals surface area contributed by atoms with Gasteiger partial charge >= 0.3 is 0 Å². The van der Waals surface area contributed by atoms with Crippen molar-refractivity contribution in [3.05, 3.63) is 0 Å². The highest BCUT2D eigenvalue weighted by atomic mass is 14.7. The van der Waals surface area contributed by atoms with E-state index in [0.29, 0.717) is 6.04 Å². The van der Waals surface area contributed by atoms with Crippen molar-refractivity contribution in [2.45, 2.75) is 58.4 Å². The molecule has 1 saturated carbocycles. The largest absolute Gasteiger partial charge is 0.327 e. The van der Waals surface area contributed by atoms with Crippen molar-refractivity contribution in [3.8, 4) is 0 Å². The van der Waals surface area contributed by atoms with E-state index in [0.717, 1.165) is 11.8 Å². The monoisotopic (exact) mass is 169 g/mol. The Balaban J connectivity index is 2.11. The molecule has 12 heavy (non-hydrogen) atoms. The van der Waals surface area contributed by atoms with E-state index < -0.39 is 0 Å². The molecular weight excluding hydrogens is 146 g/mol. The molecule has 2 N–H and O–H groups in total. The third-order valence-electron chi connectivity index (χ3n) is 3.21. The second-order valence-corrected chi connectivity index (χ2v) is 4.48. The lowest BCUT2D eigenvalue weighted by molar-refractivity contribution is 0.232. The number of rotatable bonds is 5. The van der Waals surface area contributed by atoms with Gasteiger partial charge in [0.15, 0.2) is 0 Å². The lowest BCUT2D eigenvalue weighted by atomic mass is 9.77. The maximum atomic E-state index is 6.11. The van der Waals surface area contributed by atoms with Crippen LogP contribution in [0.2, 0.25) is 0 Å². The van der Waals surface area contributed by atoms with E-state index in [1.54, 1.807) is 0 Å². The standard InChI is InChI=1S/C11H23N/c1-3-5-9(2)8-11(12)10-6-4-7-10/h9-11H,3-8,12H2,1-2H3. The third kappa shape index (κ3) is 2.78. The molecule has 0 amide bonds. The Morgan fingerprint density at radius 1 is 1.42 bits per heavy atom. The lowest BCUT2D eigenvalue weighted by Gasteiger charge is -2.32. The van der Waals surface area contributed by atoms with Crippen LogP contribution in [0.5, 0.6) is 0 Å². The third-order valence-corrected chi connectivity index (χ3v) is 3.21. The molecule has 72 valence electrons. The molecular formula is C11H23N. The van der Waals surface area contributed by atoms with Crippen LogP contribution in [0.3, 0.4) is 0 Å². The van der Waals surface area contributed by atoms with Crippen molar-refractivity contribution in [2.75, 3.05) is 0 Å².